The Labute approximate surface area is 110 Å². The van der Waals surface area contributed by atoms with Crippen LogP contribution in [0.1, 0.15) is 11.4 Å². The molecule has 0 aliphatic carbocycles. The Bertz CT molecular complexity index is 686. The predicted octanol–water partition coefficient (Wildman–Crippen LogP) is 3.47. The summed E-state index contributed by atoms with van der Waals surface area (Å²) >= 11 is 5.98. The van der Waals surface area contributed by atoms with Crippen molar-refractivity contribution in [2.45, 2.75) is 12.8 Å². The maximum Gasteiger partial charge on any atom is 0.129 e. The van der Waals surface area contributed by atoms with Crippen LogP contribution in [-0.2, 0) is 5.88 Å². The number of imidazole rings is 1. The molecule has 0 atom stereocenters. The fraction of sp³-hybridized carbons (Fsp3) is 0.143. The Morgan fingerprint density at radius 3 is 2.67 bits per heavy atom. The smallest absolute Gasteiger partial charge is 0.129 e. The monoisotopic (exact) mass is 257 g/mol. The molecule has 0 unspecified atom stereocenters. The number of nitrogens with zero attached hydrogens (tertiary/aromatic N) is 3. The van der Waals surface area contributed by atoms with Gasteiger partial charge in [0, 0.05) is 11.9 Å². The van der Waals surface area contributed by atoms with Crippen molar-refractivity contribution in [3.05, 3.63) is 54.1 Å². The highest BCUT2D eigenvalue weighted by Crippen LogP contribution is 2.22. The van der Waals surface area contributed by atoms with E-state index < -0.39 is 0 Å². The highest BCUT2D eigenvalue weighted by molar-refractivity contribution is 6.17. The van der Waals surface area contributed by atoms with Crippen LogP contribution in [-0.4, -0.2) is 14.5 Å². The minimum atomic E-state index is 0.378. The Balaban J connectivity index is 2.29. The van der Waals surface area contributed by atoms with Crippen molar-refractivity contribution in [2.24, 2.45) is 0 Å². The zero-order valence-electron chi connectivity index (χ0n) is 9.97. The SMILES string of the molecule is Cc1ccc(-n2c(CCl)nc3cnccc32)cc1. The van der Waals surface area contributed by atoms with Gasteiger partial charge in [-0.2, -0.15) is 0 Å². The summed E-state index contributed by atoms with van der Waals surface area (Å²) in [5.41, 5.74) is 4.21. The molecule has 0 spiro atoms. The van der Waals surface area contributed by atoms with Crippen molar-refractivity contribution in [1.82, 2.24) is 14.5 Å². The lowest BCUT2D eigenvalue weighted by molar-refractivity contribution is 0.981. The number of hydrogen-bond donors (Lipinski definition) is 0. The Hall–Kier alpha value is -1.87. The summed E-state index contributed by atoms with van der Waals surface area (Å²) in [4.78, 5) is 8.59. The number of aromatic nitrogens is 3. The molecule has 0 bridgehead atoms. The zero-order valence-corrected chi connectivity index (χ0v) is 10.7. The van der Waals surface area contributed by atoms with Crippen LogP contribution in [0.3, 0.4) is 0 Å². The van der Waals surface area contributed by atoms with Gasteiger partial charge in [0.1, 0.15) is 11.3 Å². The van der Waals surface area contributed by atoms with E-state index in [1.165, 1.54) is 5.56 Å². The molecule has 2 heterocycles. The van der Waals surface area contributed by atoms with Gasteiger partial charge in [0.15, 0.2) is 0 Å². The molecule has 3 rings (SSSR count). The minimum absolute atomic E-state index is 0.378. The van der Waals surface area contributed by atoms with Crippen LogP contribution in [0.15, 0.2) is 42.7 Å². The second kappa shape index (κ2) is 4.42. The molecule has 0 saturated heterocycles. The topological polar surface area (TPSA) is 30.7 Å². The molecule has 0 aliphatic rings. The number of hydrogen-bond acceptors (Lipinski definition) is 2. The van der Waals surface area contributed by atoms with Crippen molar-refractivity contribution < 1.29 is 0 Å². The fourth-order valence-electron chi connectivity index (χ4n) is 2.05. The first-order valence-electron chi connectivity index (χ1n) is 5.74. The second-order valence-electron chi connectivity index (χ2n) is 4.20. The van der Waals surface area contributed by atoms with Crippen LogP contribution >= 0.6 is 11.6 Å². The normalized spacial score (nSPS) is 11.0. The number of benzene rings is 1. The molecule has 2 aromatic heterocycles. The number of aryl methyl sites for hydroxylation is 1. The molecule has 3 nitrogen and oxygen atoms in total. The first-order chi connectivity index (χ1) is 8.79. The molecule has 0 saturated carbocycles. The van der Waals surface area contributed by atoms with Gasteiger partial charge in [-0.05, 0) is 25.1 Å². The zero-order chi connectivity index (χ0) is 12.5. The lowest BCUT2D eigenvalue weighted by atomic mass is 10.2. The highest BCUT2D eigenvalue weighted by atomic mass is 35.5. The molecule has 0 radical (unpaired) electrons. The maximum atomic E-state index is 5.98. The Morgan fingerprint density at radius 1 is 1.17 bits per heavy atom. The molecule has 18 heavy (non-hydrogen) atoms. The molecular formula is C14H12ClN3. The summed E-state index contributed by atoms with van der Waals surface area (Å²) in [7, 11) is 0. The molecule has 4 heteroatoms. The molecule has 0 N–H and O–H groups in total. The van der Waals surface area contributed by atoms with Gasteiger partial charge in [-0.25, -0.2) is 4.98 Å². The van der Waals surface area contributed by atoms with Crippen LogP contribution < -0.4 is 0 Å². The van der Waals surface area contributed by atoms with E-state index >= 15 is 0 Å². The first-order valence-corrected chi connectivity index (χ1v) is 6.27. The van der Waals surface area contributed by atoms with E-state index in [0.29, 0.717) is 5.88 Å². The lowest BCUT2D eigenvalue weighted by Crippen LogP contribution is -1.99. The van der Waals surface area contributed by atoms with E-state index in [9.17, 15) is 0 Å². The summed E-state index contributed by atoms with van der Waals surface area (Å²) in [5, 5.41) is 0. The summed E-state index contributed by atoms with van der Waals surface area (Å²) in [6, 6.07) is 10.3. The number of halogens is 1. The van der Waals surface area contributed by atoms with Crippen molar-refractivity contribution >= 4 is 22.6 Å². The van der Waals surface area contributed by atoms with Gasteiger partial charge >= 0.3 is 0 Å². The van der Waals surface area contributed by atoms with Gasteiger partial charge in [-0.3, -0.25) is 9.55 Å². The summed E-state index contributed by atoms with van der Waals surface area (Å²) in [5.74, 6) is 1.21. The van der Waals surface area contributed by atoms with Gasteiger partial charge in [-0.1, -0.05) is 17.7 Å². The van der Waals surface area contributed by atoms with Crippen LogP contribution in [0.5, 0.6) is 0 Å². The average Bonchev–Trinajstić information content (AvgIpc) is 2.78. The highest BCUT2D eigenvalue weighted by Gasteiger charge is 2.11. The largest absolute Gasteiger partial charge is 0.295 e. The van der Waals surface area contributed by atoms with Crippen LogP contribution in [0, 0.1) is 6.92 Å². The predicted molar refractivity (Wildman–Crippen MR) is 73.2 cm³/mol. The Morgan fingerprint density at radius 2 is 1.94 bits per heavy atom. The van der Waals surface area contributed by atoms with E-state index in [-0.39, 0.29) is 0 Å². The van der Waals surface area contributed by atoms with E-state index in [0.717, 1.165) is 22.5 Å². The number of pyridine rings is 1. The number of alkyl halides is 1. The first kappa shape index (κ1) is 11.2. The third kappa shape index (κ3) is 1.77. The van der Waals surface area contributed by atoms with Crippen molar-refractivity contribution in [3.8, 4) is 5.69 Å². The molecule has 0 fully saturated rings. The molecule has 90 valence electrons. The fourth-order valence-corrected chi connectivity index (χ4v) is 2.23. The third-order valence-corrected chi connectivity index (χ3v) is 3.18. The van der Waals surface area contributed by atoms with Crippen LogP contribution in [0.4, 0.5) is 0 Å². The van der Waals surface area contributed by atoms with Crippen LogP contribution in [0.2, 0.25) is 0 Å². The van der Waals surface area contributed by atoms with E-state index in [1.54, 1.807) is 12.4 Å². The van der Waals surface area contributed by atoms with Crippen molar-refractivity contribution in [2.75, 3.05) is 0 Å². The molecular weight excluding hydrogens is 246 g/mol. The third-order valence-electron chi connectivity index (χ3n) is 2.94. The van der Waals surface area contributed by atoms with Gasteiger partial charge in [0.25, 0.3) is 0 Å². The van der Waals surface area contributed by atoms with E-state index in [1.807, 2.05) is 6.07 Å². The minimum Gasteiger partial charge on any atom is -0.295 e. The lowest BCUT2D eigenvalue weighted by Gasteiger charge is -2.07. The number of fused-ring (bicyclic) bond motifs is 1. The second-order valence-corrected chi connectivity index (χ2v) is 4.46. The quantitative estimate of drug-likeness (QED) is 0.658. The standard InChI is InChI=1S/C14H12ClN3/c1-10-2-4-11(5-3-10)18-13-6-7-16-9-12(13)17-14(18)8-15/h2-7,9H,8H2,1H3. The van der Waals surface area contributed by atoms with Gasteiger partial charge in [0.2, 0.25) is 0 Å². The van der Waals surface area contributed by atoms with Gasteiger partial charge < -0.3 is 0 Å². The maximum absolute atomic E-state index is 5.98. The molecule has 0 amide bonds. The summed E-state index contributed by atoms with van der Waals surface area (Å²) in [6.07, 6.45) is 3.53. The van der Waals surface area contributed by atoms with Gasteiger partial charge in [-0.15, -0.1) is 11.6 Å². The molecule has 0 aliphatic heterocycles. The Kier molecular flexibility index (Phi) is 2.76. The average molecular weight is 258 g/mol. The molecule has 1 aromatic carbocycles. The summed E-state index contributed by atoms with van der Waals surface area (Å²) in [6.45, 7) is 2.07. The van der Waals surface area contributed by atoms with Crippen molar-refractivity contribution in [3.63, 3.8) is 0 Å². The van der Waals surface area contributed by atoms with Crippen molar-refractivity contribution in [1.29, 1.82) is 0 Å². The molecule has 3 aromatic rings. The van der Waals surface area contributed by atoms with Gasteiger partial charge in [0.05, 0.1) is 17.6 Å². The van der Waals surface area contributed by atoms with Crippen LogP contribution in [0.25, 0.3) is 16.7 Å². The van der Waals surface area contributed by atoms with E-state index in [2.05, 4.69) is 45.7 Å². The summed E-state index contributed by atoms with van der Waals surface area (Å²) < 4.78 is 2.07. The number of rotatable bonds is 2. The van der Waals surface area contributed by atoms with E-state index in [4.69, 9.17) is 11.6 Å².